The molecule has 0 fully saturated rings. The number of rotatable bonds is 1. The second-order valence-electron chi connectivity index (χ2n) is 3.44. The molecule has 0 aromatic rings. The third kappa shape index (κ3) is 8.70. The first kappa shape index (κ1) is 22.6. The summed E-state index contributed by atoms with van der Waals surface area (Å²) in [6.45, 7) is 7.69. The van der Waals surface area contributed by atoms with Gasteiger partial charge >= 0.3 is 0 Å². The molecule has 0 unspecified atom stereocenters. The van der Waals surface area contributed by atoms with Gasteiger partial charge in [0.15, 0.2) is 0 Å². The van der Waals surface area contributed by atoms with E-state index in [0.29, 0.717) is 0 Å². The minimum Gasteiger partial charge on any atom is -0.324 e. The van der Waals surface area contributed by atoms with Gasteiger partial charge in [0.1, 0.15) is 0 Å². The summed E-state index contributed by atoms with van der Waals surface area (Å²) in [6.07, 6.45) is 0. The van der Waals surface area contributed by atoms with E-state index in [1.807, 2.05) is 27.7 Å². The normalized spacial score (nSPS) is 10.4. The lowest BCUT2D eigenvalue weighted by atomic mass is 9.85. The molecule has 0 aromatic heterocycles. The first-order chi connectivity index (χ1) is 3.25. The zero-order valence-electron chi connectivity index (χ0n) is 7.38. The molecule has 0 saturated heterocycles. The van der Waals surface area contributed by atoms with E-state index in [1.165, 1.54) is 0 Å². The van der Waals surface area contributed by atoms with Gasteiger partial charge in [-0.25, -0.2) is 0 Å². The molecular formula is C6H19Cl3N2. The van der Waals surface area contributed by atoms with Gasteiger partial charge in [0, 0.05) is 11.1 Å². The van der Waals surface area contributed by atoms with Crippen molar-refractivity contribution < 1.29 is 0 Å². The first-order valence-electron chi connectivity index (χ1n) is 2.83. The highest BCUT2D eigenvalue weighted by atomic mass is 35.5. The molecule has 0 aliphatic rings. The van der Waals surface area contributed by atoms with E-state index in [0.717, 1.165) is 0 Å². The molecule has 0 atom stereocenters. The summed E-state index contributed by atoms with van der Waals surface area (Å²) in [4.78, 5) is 0. The Labute approximate surface area is 87.7 Å². The number of nitrogens with two attached hydrogens (primary N) is 2. The van der Waals surface area contributed by atoms with Gasteiger partial charge in [-0.05, 0) is 27.7 Å². The number of halogens is 3. The Morgan fingerprint density at radius 3 is 0.727 bits per heavy atom. The van der Waals surface area contributed by atoms with E-state index in [2.05, 4.69) is 0 Å². The van der Waals surface area contributed by atoms with Crippen LogP contribution in [0.5, 0.6) is 0 Å². The van der Waals surface area contributed by atoms with Crippen molar-refractivity contribution in [2.24, 2.45) is 11.5 Å². The van der Waals surface area contributed by atoms with Crippen molar-refractivity contribution >= 4 is 37.2 Å². The third-order valence-corrected chi connectivity index (χ3v) is 1.66. The van der Waals surface area contributed by atoms with Crippen LogP contribution in [0, 0.1) is 0 Å². The zero-order valence-corrected chi connectivity index (χ0v) is 9.83. The molecule has 0 amide bonds. The van der Waals surface area contributed by atoms with E-state index in [9.17, 15) is 0 Å². The molecule has 74 valence electrons. The largest absolute Gasteiger partial charge is 0.324 e. The first-order valence-corrected chi connectivity index (χ1v) is 2.83. The molecule has 2 nitrogen and oxygen atoms in total. The van der Waals surface area contributed by atoms with Gasteiger partial charge in [0.2, 0.25) is 0 Å². The smallest absolute Gasteiger partial charge is 0.0274 e. The van der Waals surface area contributed by atoms with Gasteiger partial charge in [-0.2, -0.15) is 0 Å². The molecular weight excluding hydrogens is 206 g/mol. The topological polar surface area (TPSA) is 52.0 Å². The van der Waals surface area contributed by atoms with Crippen LogP contribution in [0.2, 0.25) is 0 Å². The molecule has 0 heterocycles. The van der Waals surface area contributed by atoms with Gasteiger partial charge in [-0.3, -0.25) is 0 Å². The average molecular weight is 226 g/mol. The van der Waals surface area contributed by atoms with E-state index >= 15 is 0 Å². The van der Waals surface area contributed by atoms with Gasteiger partial charge in [0.25, 0.3) is 0 Å². The van der Waals surface area contributed by atoms with Crippen molar-refractivity contribution in [3.8, 4) is 0 Å². The highest BCUT2D eigenvalue weighted by Gasteiger charge is 2.28. The van der Waals surface area contributed by atoms with Crippen LogP contribution in [0.3, 0.4) is 0 Å². The van der Waals surface area contributed by atoms with E-state index in [-0.39, 0.29) is 48.3 Å². The Morgan fingerprint density at radius 2 is 0.727 bits per heavy atom. The summed E-state index contributed by atoms with van der Waals surface area (Å²) in [7, 11) is 0. The minimum atomic E-state index is -0.285. The Kier molecular flexibility index (Phi) is 13.0. The molecule has 0 radical (unpaired) electrons. The van der Waals surface area contributed by atoms with Crippen LogP contribution in [0.1, 0.15) is 27.7 Å². The number of hydrogen-bond donors (Lipinski definition) is 2. The van der Waals surface area contributed by atoms with Crippen LogP contribution in [0.15, 0.2) is 0 Å². The van der Waals surface area contributed by atoms with Crippen molar-refractivity contribution in [3.63, 3.8) is 0 Å². The lowest BCUT2D eigenvalue weighted by Gasteiger charge is -2.34. The monoisotopic (exact) mass is 224 g/mol. The van der Waals surface area contributed by atoms with Gasteiger partial charge < -0.3 is 11.5 Å². The van der Waals surface area contributed by atoms with Gasteiger partial charge in [-0.1, -0.05) is 0 Å². The maximum Gasteiger partial charge on any atom is 0.0274 e. The fourth-order valence-corrected chi connectivity index (χ4v) is 0. The summed E-state index contributed by atoms with van der Waals surface area (Å²) in [5.74, 6) is 0. The minimum absolute atomic E-state index is 0. The zero-order chi connectivity index (χ0) is 7.00. The fraction of sp³-hybridized carbons (Fsp3) is 1.00. The quantitative estimate of drug-likeness (QED) is 0.714. The average Bonchev–Trinajstić information content (AvgIpc) is 1.25. The summed E-state index contributed by atoms with van der Waals surface area (Å²) in [5, 5.41) is 0. The molecule has 11 heavy (non-hydrogen) atoms. The molecule has 0 saturated carbocycles. The molecule has 0 rings (SSSR count). The van der Waals surface area contributed by atoms with Crippen molar-refractivity contribution in [1.29, 1.82) is 0 Å². The lowest BCUT2D eigenvalue weighted by Crippen LogP contribution is -2.58. The third-order valence-electron chi connectivity index (χ3n) is 1.66. The molecule has 4 N–H and O–H groups in total. The van der Waals surface area contributed by atoms with Crippen molar-refractivity contribution in [2.45, 2.75) is 38.8 Å². The van der Waals surface area contributed by atoms with Crippen LogP contribution >= 0.6 is 37.2 Å². The Morgan fingerprint density at radius 1 is 0.636 bits per heavy atom. The molecule has 0 aliphatic carbocycles. The van der Waals surface area contributed by atoms with Crippen LogP contribution in [0.4, 0.5) is 0 Å². The van der Waals surface area contributed by atoms with E-state index < -0.39 is 0 Å². The van der Waals surface area contributed by atoms with Crippen LogP contribution in [-0.2, 0) is 0 Å². The Bertz CT molecular complexity index is 70.8. The second-order valence-corrected chi connectivity index (χ2v) is 3.44. The fourth-order valence-electron chi connectivity index (χ4n) is 0. The SMILES string of the molecule is CC(C)(N)C(C)(C)N.Cl.Cl.Cl. The van der Waals surface area contributed by atoms with E-state index in [1.54, 1.807) is 0 Å². The summed E-state index contributed by atoms with van der Waals surface area (Å²) in [5.41, 5.74) is 10.8. The maximum absolute atomic E-state index is 5.69. The Balaban J connectivity index is -0.0000000817. The molecule has 0 aliphatic heterocycles. The summed E-state index contributed by atoms with van der Waals surface area (Å²) < 4.78 is 0. The molecule has 5 heteroatoms. The van der Waals surface area contributed by atoms with Crippen LogP contribution in [0.25, 0.3) is 0 Å². The molecule has 0 bridgehead atoms. The van der Waals surface area contributed by atoms with Crippen molar-refractivity contribution in [1.82, 2.24) is 0 Å². The molecule has 0 spiro atoms. The maximum atomic E-state index is 5.69. The highest BCUT2D eigenvalue weighted by molar-refractivity contribution is 5.86. The van der Waals surface area contributed by atoms with Gasteiger partial charge in [0.05, 0.1) is 0 Å². The second kappa shape index (κ2) is 6.32. The van der Waals surface area contributed by atoms with Crippen LogP contribution < -0.4 is 11.5 Å². The standard InChI is InChI=1S/C6H16N2.3ClH/c1-5(2,7)6(3,4)8;;;/h7-8H2,1-4H3;3*1H. The predicted octanol–water partition coefficient (Wildman–Crippen LogP) is 1.73. The highest BCUT2D eigenvalue weighted by Crippen LogP contribution is 2.13. The van der Waals surface area contributed by atoms with E-state index in [4.69, 9.17) is 11.5 Å². The summed E-state index contributed by atoms with van der Waals surface area (Å²) in [6, 6.07) is 0. The lowest BCUT2D eigenvalue weighted by molar-refractivity contribution is 0.309. The van der Waals surface area contributed by atoms with Crippen molar-refractivity contribution in [2.75, 3.05) is 0 Å². The number of hydrogen-bond acceptors (Lipinski definition) is 2. The Hall–Kier alpha value is 0.790. The molecule has 0 aromatic carbocycles. The van der Waals surface area contributed by atoms with Gasteiger partial charge in [-0.15, -0.1) is 37.2 Å². The predicted molar refractivity (Wildman–Crippen MR) is 58.3 cm³/mol. The van der Waals surface area contributed by atoms with Crippen LogP contribution in [-0.4, -0.2) is 11.1 Å². The van der Waals surface area contributed by atoms with Crippen molar-refractivity contribution in [3.05, 3.63) is 0 Å². The summed E-state index contributed by atoms with van der Waals surface area (Å²) >= 11 is 0.